The van der Waals surface area contributed by atoms with Gasteiger partial charge in [-0.05, 0) is 38.0 Å². The molecule has 0 amide bonds. The summed E-state index contributed by atoms with van der Waals surface area (Å²) in [6.07, 6.45) is 4.14. The van der Waals surface area contributed by atoms with Gasteiger partial charge in [0.15, 0.2) is 0 Å². The van der Waals surface area contributed by atoms with Crippen LogP contribution in [0.1, 0.15) is 39.2 Å². The molecule has 0 radical (unpaired) electrons. The second-order valence-corrected chi connectivity index (χ2v) is 5.23. The number of rotatable bonds is 8. The van der Waals surface area contributed by atoms with Gasteiger partial charge in [0.05, 0.1) is 0 Å². The first-order valence-corrected chi connectivity index (χ1v) is 6.65. The van der Waals surface area contributed by atoms with Crippen LogP contribution in [0, 0.1) is 0 Å². The summed E-state index contributed by atoms with van der Waals surface area (Å²) in [5.41, 5.74) is 1.48. The molecule has 1 rings (SSSR count). The van der Waals surface area contributed by atoms with Crippen LogP contribution < -0.4 is 10.1 Å². The van der Waals surface area contributed by atoms with Crippen LogP contribution in [0.5, 0.6) is 5.75 Å². The van der Waals surface area contributed by atoms with Crippen LogP contribution >= 0.6 is 0 Å². The molecule has 18 heavy (non-hydrogen) atoms. The highest BCUT2D eigenvalue weighted by Crippen LogP contribution is 2.15. The van der Waals surface area contributed by atoms with Gasteiger partial charge >= 0.3 is 0 Å². The zero-order valence-electron chi connectivity index (χ0n) is 11.8. The Bertz CT molecular complexity index is 354. The third kappa shape index (κ3) is 5.37. The molecule has 1 N–H and O–H groups in total. The largest absolute Gasteiger partial charge is 0.490 e. The van der Waals surface area contributed by atoms with Crippen LogP contribution in [0.25, 0.3) is 0 Å². The van der Waals surface area contributed by atoms with E-state index in [1.165, 1.54) is 18.4 Å². The molecule has 0 aliphatic carbocycles. The van der Waals surface area contributed by atoms with E-state index in [9.17, 15) is 0 Å². The van der Waals surface area contributed by atoms with Gasteiger partial charge in [0, 0.05) is 12.1 Å². The summed E-state index contributed by atoms with van der Waals surface area (Å²) in [4.78, 5) is 0. The van der Waals surface area contributed by atoms with Gasteiger partial charge < -0.3 is 10.1 Å². The van der Waals surface area contributed by atoms with E-state index in [4.69, 9.17) is 4.74 Å². The molecule has 0 aromatic heterocycles. The Hall–Kier alpha value is -1.28. The van der Waals surface area contributed by atoms with E-state index >= 15 is 0 Å². The second-order valence-electron chi connectivity index (χ2n) is 5.23. The van der Waals surface area contributed by atoms with Crippen molar-refractivity contribution in [3.8, 4) is 5.75 Å². The lowest BCUT2D eigenvalue weighted by molar-refractivity contribution is 0.355. The van der Waals surface area contributed by atoms with Crippen LogP contribution in [-0.2, 0) is 6.54 Å². The van der Waals surface area contributed by atoms with Gasteiger partial charge in [0.2, 0.25) is 0 Å². The predicted octanol–water partition coefficient (Wildman–Crippen LogP) is 3.92. The zero-order chi connectivity index (χ0) is 13.4. The molecule has 1 aromatic rings. The third-order valence-electron chi connectivity index (χ3n) is 2.94. The maximum Gasteiger partial charge on any atom is 0.119 e. The molecule has 0 heterocycles. The molecule has 0 aliphatic rings. The summed E-state index contributed by atoms with van der Waals surface area (Å²) >= 11 is 0. The Kier molecular flexibility index (Phi) is 5.93. The smallest absolute Gasteiger partial charge is 0.119 e. The van der Waals surface area contributed by atoms with Crippen molar-refractivity contribution in [2.24, 2.45) is 0 Å². The zero-order valence-corrected chi connectivity index (χ0v) is 11.8. The first-order valence-electron chi connectivity index (χ1n) is 6.65. The van der Waals surface area contributed by atoms with Gasteiger partial charge in [0.25, 0.3) is 0 Å². The molecule has 0 saturated heterocycles. The predicted molar refractivity (Wildman–Crippen MR) is 78.0 cm³/mol. The maximum absolute atomic E-state index is 5.46. The summed E-state index contributed by atoms with van der Waals surface area (Å²) in [5, 5.41) is 3.58. The molecule has 2 heteroatoms. The van der Waals surface area contributed by atoms with E-state index in [-0.39, 0.29) is 5.54 Å². The van der Waals surface area contributed by atoms with E-state index in [2.05, 4.69) is 44.8 Å². The van der Waals surface area contributed by atoms with E-state index in [1.807, 2.05) is 12.1 Å². The summed E-state index contributed by atoms with van der Waals surface area (Å²) in [7, 11) is 0. The van der Waals surface area contributed by atoms with Gasteiger partial charge in [-0.15, -0.1) is 0 Å². The number of hydrogen-bond donors (Lipinski definition) is 1. The molecule has 0 spiro atoms. The van der Waals surface area contributed by atoms with Crippen molar-refractivity contribution in [1.82, 2.24) is 5.32 Å². The maximum atomic E-state index is 5.46. The summed E-state index contributed by atoms with van der Waals surface area (Å²) in [6.45, 7) is 11.8. The second kappa shape index (κ2) is 7.22. The van der Waals surface area contributed by atoms with Crippen LogP contribution in [0.15, 0.2) is 36.9 Å². The molecular weight excluding hydrogens is 222 g/mol. The SMILES string of the molecule is C=CCOc1ccc(CNC(C)(C)CCC)cc1. The molecule has 0 fully saturated rings. The summed E-state index contributed by atoms with van der Waals surface area (Å²) < 4.78 is 5.46. The highest BCUT2D eigenvalue weighted by atomic mass is 16.5. The average molecular weight is 247 g/mol. The van der Waals surface area contributed by atoms with Crippen molar-refractivity contribution in [1.29, 1.82) is 0 Å². The normalized spacial score (nSPS) is 11.3. The lowest BCUT2D eigenvalue weighted by atomic mass is 9.98. The number of hydrogen-bond acceptors (Lipinski definition) is 2. The number of ether oxygens (including phenoxy) is 1. The summed E-state index contributed by atoms with van der Waals surface area (Å²) in [5.74, 6) is 0.895. The Morgan fingerprint density at radius 1 is 1.28 bits per heavy atom. The number of nitrogens with one attached hydrogen (secondary N) is 1. The fraction of sp³-hybridized carbons (Fsp3) is 0.500. The minimum atomic E-state index is 0.201. The van der Waals surface area contributed by atoms with Crippen LogP contribution in [0.4, 0.5) is 0 Å². The van der Waals surface area contributed by atoms with Crippen molar-refractivity contribution in [2.75, 3.05) is 6.61 Å². The van der Waals surface area contributed by atoms with E-state index < -0.39 is 0 Å². The number of benzene rings is 1. The molecule has 0 bridgehead atoms. The minimum Gasteiger partial charge on any atom is -0.490 e. The lowest BCUT2D eigenvalue weighted by Crippen LogP contribution is -2.38. The van der Waals surface area contributed by atoms with Crippen molar-refractivity contribution >= 4 is 0 Å². The Balaban J connectivity index is 2.46. The van der Waals surface area contributed by atoms with Gasteiger partial charge in [-0.25, -0.2) is 0 Å². The fourth-order valence-corrected chi connectivity index (χ4v) is 1.91. The van der Waals surface area contributed by atoms with Crippen LogP contribution in [0.2, 0.25) is 0 Å². The highest BCUT2D eigenvalue weighted by molar-refractivity contribution is 5.27. The van der Waals surface area contributed by atoms with Crippen molar-refractivity contribution in [2.45, 2.75) is 45.7 Å². The molecule has 1 aromatic carbocycles. The topological polar surface area (TPSA) is 21.3 Å². The first-order chi connectivity index (χ1) is 8.57. The quantitative estimate of drug-likeness (QED) is 0.703. The van der Waals surface area contributed by atoms with Crippen molar-refractivity contribution in [3.63, 3.8) is 0 Å². The molecule has 2 nitrogen and oxygen atoms in total. The van der Waals surface area contributed by atoms with Gasteiger partial charge in [0.1, 0.15) is 12.4 Å². The molecule has 0 aliphatic heterocycles. The monoisotopic (exact) mass is 247 g/mol. The van der Waals surface area contributed by atoms with E-state index in [1.54, 1.807) is 6.08 Å². The first kappa shape index (κ1) is 14.8. The van der Waals surface area contributed by atoms with E-state index in [0.29, 0.717) is 6.61 Å². The minimum absolute atomic E-state index is 0.201. The molecule has 100 valence electrons. The van der Waals surface area contributed by atoms with Gasteiger partial charge in [-0.2, -0.15) is 0 Å². The molecule has 0 saturated carbocycles. The lowest BCUT2D eigenvalue weighted by Gasteiger charge is -2.26. The van der Waals surface area contributed by atoms with Gasteiger partial charge in [-0.3, -0.25) is 0 Å². The third-order valence-corrected chi connectivity index (χ3v) is 2.94. The molecular formula is C16H25NO. The Morgan fingerprint density at radius 2 is 1.94 bits per heavy atom. The average Bonchev–Trinajstić information content (AvgIpc) is 2.35. The molecule has 0 unspecified atom stereocenters. The Labute approximate surface area is 111 Å². The van der Waals surface area contributed by atoms with Crippen LogP contribution in [-0.4, -0.2) is 12.1 Å². The Morgan fingerprint density at radius 3 is 2.50 bits per heavy atom. The standard InChI is InChI=1S/C16H25NO/c1-5-11-16(3,4)17-13-14-7-9-15(10-8-14)18-12-6-2/h6-10,17H,2,5,11-13H2,1,3-4H3. The highest BCUT2D eigenvalue weighted by Gasteiger charge is 2.14. The van der Waals surface area contributed by atoms with Gasteiger partial charge in [-0.1, -0.05) is 38.1 Å². The fourth-order valence-electron chi connectivity index (χ4n) is 1.91. The van der Waals surface area contributed by atoms with E-state index in [0.717, 1.165) is 12.3 Å². The van der Waals surface area contributed by atoms with Crippen molar-refractivity contribution < 1.29 is 4.74 Å². The molecule has 0 atom stereocenters. The summed E-state index contributed by atoms with van der Waals surface area (Å²) in [6, 6.07) is 8.22. The van der Waals surface area contributed by atoms with Crippen LogP contribution in [0.3, 0.4) is 0 Å². The van der Waals surface area contributed by atoms with Crippen molar-refractivity contribution in [3.05, 3.63) is 42.5 Å².